The molecule has 20 heavy (non-hydrogen) atoms. The van der Waals surface area contributed by atoms with Crippen LogP contribution >= 0.6 is 0 Å². The second-order valence-electron chi connectivity index (χ2n) is 4.74. The summed E-state index contributed by atoms with van der Waals surface area (Å²) in [5.74, 6) is 0.745. The van der Waals surface area contributed by atoms with Crippen molar-refractivity contribution in [3.63, 3.8) is 0 Å². The van der Waals surface area contributed by atoms with Gasteiger partial charge in [-0.05, 0) is 31.2 Å². The maximum Gasteiger partial charge on any atom is 0.175 e. The quantitative estimate of drug-likeness (QED) is 0.797. The number of hydrogen-bond acceptors (Lipinski definition) is 4. The molecule has 0 saturated carbocycles. The van der Waals surface area contributed by atoms with Gasteiger partial charge >= 0.3 is 0 Å². The van der Waals surface area contributed by atoms with Crippen LogP contribution in [0.15, 0.2) is 41.6 Å². The summed E-state index contributed by atoms with van der Waals surface area (Å²) in [6, 6.07) is 6.69. The average molecular weight is 290 g/mol. The Morgan fingerprint density at radius 2 is 2.15 bits per heavy atom. The van der Waals surface area contributed by atoms with Gasteiger partial charge in [-0.25, -0.2) is 13.4 Å². The zero-order valence-electron chi connectivity index (χ0n) is 11.1. The summed E-state index contributed by atoms with van der Waals surface area (Å²) < 4.78 is 24.9. The highest BCUT2D eigenvalue weighted by Gasteiger charge is 2.14. The molecule has 7 heteroatoms. The summed E-state index contributed by atoms with van der Waals surface area (Å²) in [5.41, 5.74) is 1.45. The SMILES string of the molecule is CC(c1nc2ccc(S(C)(=O)=O)cc2[nH]1)n1cccn1. The minimum atomic E-state index is -3.21. The maximum absolute atomic E-state index is 11.6. The Morgan fingerprint density at radius 1 is 1.35 bits per heavy atom. The number of nitrogens with zero attached hydrogens (tertiary/aromatic N) is 3. The third kappa shape index (κ3) is 2.20. The zero-order valence-corrected chi connectivity index (χ0v) is 11.9. The van der Waals surface area contributed by atoms with Crippen LogP contribution in [0.1, 0.15) is 18.8 Å². The first-order valence-corrected chi connectivity index (χ1v) is 8.03. The Balaban J connectivity index is 2.07. The fourth-order valence-corrected chi connectivity index (χ4v) is 2.72. The van der Waals surface area contributed by atoms with Gasteiger partial charge in [-0.15, -0.1) is 0 Å². The van der Waals surface area contributed by atoms with Gasteiger partial charge in [0, 0.05) is 18.6 Å². The molecule has 0 aliphatic heterocycles. The fourth-order valence-electron chi connectivity index (χ4n) is 2.07. The third-order valence-corrected chi connectivity index (χ3v) is 4.33. The highest BCUT2D eigenvalue weighted by Crippen LogP contribution is 2.21. The van der Waals surface area contributed by atoms with Crippen LogP contribution in [-0.2, 0) is 9.84 Å². The lowest BCUT2D eigenvalue weighted by Gasteiger charge is -2.08. The van der Waals surface area contributed by atoms with Crippen LogP contribution in [-0.4, -0.2) is 34.4 Å². The molecular weight excluding hydrogens is 276 g/mol. The number of fused-ring (bicyclic) bond motifs is 1. The number of aromatic nitrogens is 4. The second-order valence-corrected chi connectivity index (χ2v) is 6.75. The van der Waals surface area contributed by atoms with Gasteiger partial charge in [0.05, 0.1) is 15.9 Å². The largest absolute Gasteiger partial charge is 0.340 e. The number of rotatable bonds is 3. The van der Waals surface area contributed by atoms with Crippen molar-refractivity contribution >= 4 is 20.9 Å². The Hall–Kier alpha value is -2.15. The summed E-state index contributed by atoms with van der Waals surface area (Å²) in [6.07, 6.45) is 4.76. The van der Waals surface area contributed by atoms with E-state index in [1.54, 1.807) is 29.1 Å². The molecule has 104 valence electrons. The Kier molecular flexibility index (Phi) is 2.86. The highest BCUT2D eigenvalue weighted by molar-refractivity contribution is 7.90. The van der Waals surface area contributed by atoms with Gasteiger partial charge in [0.2, 0.25) is 0 Å². The van der Waals surface area contributed by atoms with Crippen molar-refractivity contribution in [3.8, 4) is 0 Å². The van der Waals surface area contributed by atoms with E-state index in [9.17, 15) is 8.42 Å². The molecule has 3 aromatic rings. The van der Waals surface area contributed by atoms with E-state index in [-0.39, 0.29) is 10.9 Å². The van der Waals surface area contributed by atoms with Crippen molar-refractivity contribution in [2.75, 3.05) is 6.26 Å². The molecule has 0 saturated heterocycles. The molecule has 0 fully saturated rings. The van der Waals surface area contributed by atoms with Gasteiger partial charge in [0.25, 0.3) is 0 Å². The topological polar surface area (TPSA) is 80.6 Å². The lowest BCUT2D eigenvalue weighted by Crippen LogP contribution is -2.08. The lowest BCUT2D eigenvalue weighted by atomic mass is 10.3. The zero-order chi connectivity index (χ0) is 14.3. The monoisotopic (exact) mass is 290 g/mol. The minimum absolute atomic E-state index is 0.0425. The molecule has 2 aromatic heterocycles. The first kappa shape index (κ1) is 12.9. The molecule has 0 aliphatic carbocycles. The minimum Gasteiger partial charge on any atom is -0.340 e. The van der Waals surface area contributed by atoms with Gasteiger partial charge in [0.15, 0.2) is 9.84 Å². The van der Waals surface area contributed by atoms with Crippen LogP contribution in [0.25, 0.3) is 11.0 Å². The van der Waals surface area contributed by atoms with Gasteiger partial charge < -0.3 is 4.98 Å². The smallest absolute Gasteiger partial charge is 0.175 e. The molecule has 1 unspecified atom stereocenters. The number of benzene rings is 1. The first-order chi connectivity index (χ1) is 9.45. The van der Waals surface area contributed by atoms with Crippen molar-refractivity contribution in [2.24, 2.45) is 0 Å². The summed E-state index contributed by atoms with van der Waals surface area (Å²) in [7, 11) is -3.21. The van der Waals surface area contributed by atoms with Crippen molar-refractivity contribution in [1.29, 1.82) is 0 Å². The molecule has 2 heterocycles. The lowest BCUT2D eigenvalue weighted by molar-refractivity contribution is 0.542. The molecule has 0 bridgehead atoms. The van der Waals surface area contributed by atoms with E-state index in [1.807, 2.05) is 19.2 Å². The van der Waals surface area contributed by atoms with Gasteiger partial charge in [-0.3, -0.25) is 4.68 Å². The molecule has 3 rings (SSSR count). The normalized spacial score (nSPS) is 13.7. The predicted octanol–water partition coefficient (Wildman–Crippen LogP) is 1.77. The van der Waals surface area contributed by atoms with Crippen LogP contribution in [0.3, 0.4) is 0 Å². The Labute approximate surface area is 116 Å². The van der Waals surface area contributed by atoms with E-state index >= 15 is 0 Å². The van der Waals surface area contributed by atoms with E-state index in [0.717, 1.165) is 11.3 Å². The van der Waals surface area contributed by atoms with Gasteiger partial charge in [-0.2, -0.15) is 5.10 Å². The van der Waals surface area contributed by atoms with Crippen LogP contribution in [0.5, 0.6) is 0 Å². The molecular formula is C13H14N4O2S. The Morgan fingerprint density at radius 3 is 2.80 bits per heavy atom. The molecule has 6 nitrogen and oxygen atoms in total. The highest BCUT2D eigenvalue weighted by atomic mass is 32.2. The number of sulfone groups is 1. The van der Waals surface area contributed by atoms with Crippen LogP contribution in [0, 0.1) is 0 Å². The number of aromatic amines is 1. The molecule has 0 radical (unpaired) electrons. The molecule has 1 N–H and O–H groups in total. The standard InChI is InChI=1S/C13H14N4O2S/c1-9(17-7-3-6-14-17)13-15-11-5-4-10(20(2,18)19)8-12(11)16-13/h3-9H,1-2H3,(H,15,16). The van der Waals surface area contributed by atoms with E-state index in [0.29, 0.717) is 5.52 Å². The average Bonchev–Trinajstić information content (AvgIpc) is 3.05. The molecule has 0 aliphatic rings. The summed E-state index contributed by atoms with van der Waals surface area (Å²) >= 11 is 0. The van der Waals surface area contributed by atoms with Crippen LogP contribution in [0.4, 0.5) is 0 Å². The predicted molar refractivity (Wildman–Crippen MR) is 75.2 cm³/mol. The Bertz CT molecular complexity index is 850. The van der Waals surface area contributed by atoms with E-state index < -0.39 is 9.84 Å². The number of hydrogen-bond donors (Lipinski definition) is 1. The first-order valence-electron chi connectivity index (χ1n) is 6.14. The number of H-pyrrole nitrogens is 1. The summed E-state index contributed by atoms with van der Waals surface area (Å²) in [6.45, 7) is 1.97. The van der Waals surface area contributed by atoms with Crippen molar-refractivity contribution in [2.45, 2.75) is 17.9 Å². The number of nitrogens with one attached hydrogen (secondary N) is 1. The second kappa shape index (κ2) is 4.45. The van der Waals surface area contributed by atoms with Gasteiger partial charge in [0.1, 0.15) is 11.9 Å². The fraction of sp³-hybridized carbons (Fsp3) is 0.231. The molecule has 1 atom stereocenters. The van der Waals surface area contributed by atoms with E-state index in [4.69, 9.17) is 0 Å². The molecule has 1 aromatic carbocycles. The summed E-state index contributed by atoms with van der Waals surface area (Å²) in [5, 5.41) is 4.18. The van der Waals surface area contributed by atoms with E-state index in [2.05, 4.69) is 15.1 Å². The van der Waals surface area contributed by atoms with Crippen LogP contribution in [0.2, 0.25) is 0 Å². The van der Waals surface area contributed by atoms with Crippen LogP contribution < -0.4 is 0 Å². The summed E-state index contributed by atoms with van der Waals surface area (Å²) in [4.78, 5) is 7.92. The number of imidazole rings is 1. The van der Waals surface area contributed by atoms with Crippen molar-refractivity contribution in [1.82, 2.24) is 19.7 Å². The van der Waals surface area contributed by atoms with Gasteiger partial charge in [-0.1, -0.05) is 0 Å². The molecule has 0 spiro atoms. The van der Waals surface area contributed by atoms with Crippen molar-refractivity contribution in [3.05, 3.63) is 42.5 Å². The third-order valence-electron chi connectivity index (χ3n) is 3.22. The van der Waals surface area contributed by atoms with E-state index in [1.165, 1.54) is 6.26 Å². The molecule has 0 amide bonds. The maximum atomic E-state index is 11.6. The van der Waals surface area contributed by atoms with Crippen molar-refractivity contribution < 1.29 is 8.42 Å².